The zero-order valence-corrected chi connectivity index (χ0v) is 66.8. The van der Waals surface area contributed by atoms with E-state index in [1.807, 2.05) is 104 Å². The van der Waals surface area contributed by atoms with Crippen molar-refractivity contribution in [1.82, 2.24) is 58.8 Å². The van der Waals surface area contributed by atoms with Gasteiger partial charge in [0.15, 0.2) is 45.0 Å². The summed E-state index contributed by atoms with van der Waals surface area (Å²) < 4.78 is 112. The lowest BCUT2D eigenvalue weighted by atomic mass is 10.1. The molecular formula is C84H75F5N14O18S. The fourth-order valence-corrected chi connectivity index (χ4v) is 12.5. The van der Waals surface area contributed by atoms with Crippen molar-refractivity contribution in [2.45, 2.75) is 93.5 Å². The van der Waals surface area contributed by atoms with Crippen LogP contribution in [0, 0.1) is 39.3 Å². The van der Waals surface area contributed by atoms with E-state index >= 15 is 0 Å². The Morgan fingerprint density at radius 2 is 0.746 bits per heavy atom. The summed E-state index contributed by atoms with van der Waals surface area (Å²) in [6.45, 7) is 11.7. The van der Waals surface area contributed by atoms with Crippen LogP contribution >= 0.6 is 0 Å². The van der Waals surface area contributed by atoms with Crippen LogP contribution in [0.3, 0.4) is 0 Å². The highest BCUT2D eigenvalue weighted by Crippen LogP contribution is 2.36. The Bertz CT molecular complexity index is 6540. The number of alkyl halides is 3. The molecule has 0 atom stereocenters. The first-order valence-corrected chi connectivity index (χ1v) is 38.5. The number of carbonyl (C=O) groups is 3. The number of aromatic hydroxyl groups is 1. The van der Waals surface area contributed by atoms with E-state index < -0.39 is 83.9 Å². The van der Waals surface area contributed by atoms with Gasteiger partial charge in [0, 0.05) is 19.2 Å². The summed E-state index contributed by atoms with van der Waals surface area (Å²) in [4.78, 5) is 145. The number of nitrogens with zero attached hydrogens (tertiary/aromatic N) is 12. The molecule has 14 aromatic rings. The van der Waals surface area contributed by atoms with Gasteiger partial charge in [-0.25, -0.2) is 63.0 Å². The molecule has 122 heavy (non-hydrogen) atoms. The molecule has 8 aromatic heterocycles. The standard InChI is InChI=1S/C25H23FN4O4.C22H19FN4O2.C19H16F3N3O7S.C18H17N3O5/c1-3-33-25(32)21-22(27-13-18-10-7-11-19(26)12-18)20-16(2)28-15-29-23(20)30(24(21)31)34-14-17-8-5-4-6-9-17;1-15-21-19(24-12-17-8-5-9-18(23)10-17)11-20(28)27(22(21)26-14-25-15)29-13-16-6-3-2-4-7-16;1-3-30-18(27)14-15(32-33(28,29)19(20,21)22)13-11(2)23-10-24-16(13)25(17(14)26)31-9-12-7-5-4-6-8-12;1-3-25-18(24)14-15(22)13-11(2)19-10-20-16(13)21(17(14)23)26-9-12-7-5-4-6-8-12/h4-12,15,27H,3,13-14H2,1-2H3;2-11,14,24H,12-13H2,1H3;4-8,10H,3,9H2,1-2H3;4-8,10,22H,3,9H2,1-2H3. The van der Waals surface area contributed by atoms with Gasteiger partial charge in [-0.15, -0.1) is 18.9 Å². The van der Waals surface area contributed by atoms with Crippen LogP contribution < -0.4 is 56.4 Å². The van der Waals surface area contributed by atoms with E-state index in [4.69, 9.17) is 33.6 Å². The number of benzene rings is 6. The number of hydrogen-bond donors (Lipinski definition) is 3. The maximum Gasteiger partial charge on any atom is 0.534 e. The van der Waals surface area contributed by atoms with Gasteiger partial charge in [0.05, 0.1) is 75.5 Å². The number of aryl methyl sites for hydroxylation is 4. The molecule has 6 aromatic carbocycles. The smallest absolute Gasteiger partial charge is 0.506 e. The minimum Gasteiger partial charge on any atom is -0.506 e. The van der Waals surface area contributed by atoms with E-state index in [1.165, 1.54) is 67.9 Å². The topological polar surface area (TPSA) is 395 Å². The monoisotopic (exact) mass is 1690 g/mol. The summed E-state index contributed by atoms with van der Waals surface area (Å²) in [5.41, 5.74) is -3.81. The lowest BCUT2D eigenvalue weighted by molar-refractivity contribution is -0.0500. The van der Waals surface area contributed by atoms with Crippen molar-refractivity contribution in [3.05, 3.63) is 327 Å². The molecule has 0 radical (unpaired) electrons. The summed E-state index contributed by atoms with van der Waals surface area (Å²) >= 11 is 0. The first-order chi connectivity index (χ1) is 58.6. The number of carbonyl (C=O) groups excluding carboxylic acids is 3. The second-order valence-electron chi connectivity index (χ2n) is 25.9. The van der Waals surface area contributed by atoms with Gasteiger partial charge in [0.1, 0.15) is 69.1 Å². The summed E-state index contributed by atoms with van der Waals surface area (Å²) in [7, 11) is -6.27. The molecule has 38 heteroatoms. The average molecular weight is 1700 g/mol. The second kappa shape index (κ2) is 39.9. The molecule has 0 aliphatic heterocycles. The molecule has 14 rings (SSSR count). The number of fused-ring (bicyclic) bond motifs is 4. The quantitative estimate of drug-likeness (QED) is 0.0149. The fraction of sp³-hybridized carbons (Fsp3) is 0.202. The van der Waals surface area contributed by atoms with E-state index in [9.17, 15) is 69.0 Å². The Hall–Kier alpha value is -15.1. The van der Waals surface area contributed by atoms with Crippen LogP contribution in [0.15, 0.2) is 220 Å². The van der Waals surface area contributed by atoms with Crippen LogP contribution in [-0.2, 0) is 63.8 Å². The van der Waals surface area contributed by atoms with Crippen LogP contribution in [0.4, 0.5) is 33.3 Å². The third-order valence-electron chi connectivity index (χ3n) is 17.7. The van der Waals surface area contributed by atoms with Crippen molar-refractivity contribution in [1.29, 1.82) is 0 Å². The van der Waals surface area contributed by atoms with Gasteiger partial charge in [-0.2, -0.15) is 21.6 Å². The first-order valence-electron chi connectivity index (χ1n) is 37.1. The largest absolute Gasteiger partial charge is 0.534 e. The van der Waals surface area contributed by atoms with E-state index in [2.05, 4.69) is 54.7 Å². The van der Waals surface area contributed by atoms with Crippen molar-refractivity contribution < 1.29 is 87.6 Å². The van der Waals surface area contributed by atoms with Gasteiger partial charge >= 0.3 is 50.2 Å². The molecule has 0 saturated heterocycles. The summed E-state index contributed by atoms with van der Waals surface area (Å²) in [6.07, 6.45) is 4.95. The highest BCUT2D eigenvalue weighted by atomic mass is 32.2. The predicted molar refractivity (Wildman–Crippen MR) is 434 cm³/mol. The van der Waals surface area contributed by atoms with E-state index in [0.717, 1.165) is 38.0 Å². The molecule has 8 heterocycles. The Balaban J connectivity index is 0.000000159. The molecule has 0 aliphatic rings. The summed E-state index contributed by atoms with van der Waals surface area (Å²) in [6, 6.07) is 50.3. The SMILES string of the molecule is CCOC(=O)c1c(NCc2cccc(F)c2)c2c(C)ncnc2n(OCc2ccccc2)c1=O.CCOC(=O)c1c(O)c2c(C)ncnc2n(OCc2ccccc2)c1=O.CCOC(=O)c1c(OS(=O)(=O)C(F)(F)F)c2c(C)ncnc2n(OCc2ccccc2)c1=O.Cc1ncnc2c1c(NCc1cccc(F)c1)cc(=O)n2OCc1ccccc1. The Morgan fingerprint density at radius 1 is 0.410 bits per heavy atom. The van der Waals surface area contributed by atoms with Crippen LogP contribution in [0.5, 0.6) is 11.5 Å². The van der Waals surface area contributed by atoms with Crippen molar-refractivity contribution in [2.75, 3.05) is 30.5 Å². The maximum absolute atomic E-state index is 13.7. The summed E-state index contributed by atoms with van der Waals surface area (Å²) in [5.74, 6) is -5.58. The average Bonchev–Trinajstić information content (AvgIpc) is 0.764. The minimum absolute atomic E-state index is 0.0604. The van der Waals surface area contributed by atoms with E-state index in [0.29, 0.717) is 61.6 Å². The molecular weight excluding hydrogens is 1620 g/mol. The number of halogens is 5. The van der Waals surface area contributed by atoms with Gasteiger partial charge in [-0.05, 0) is 106 Å². The van der Waals surface area contributed by atoms with Crippen LogP contribution in [0.1, 0.15) is 108 Å². The molecule has 0 bridgehead atoms. The maximum atomic E-state index is 13.7. The van der Waals surface area contributed by atoms with Crippen molar-refractivity contribution in [3.63, 3.8) is 0 Å². The molecule has 0 spiro atoms. The summed E-state index contributed by atoms with van der Waals surface area (Å²) in [5, 5.41) is 17.6. The fourth-order valence-electron chi connectivity index (χ4n) is 12.0. The number of nitrogens with one attached hydrogen (secondary N) is 2. The molecule has 0 fully saturated rings. The van der Waals surface area contributed by atoms with Gasteiger partial charge in [0.2, 0.25) is 0 Å². The Labute approximate surface area is 689 Å². The zero-order valence-electron chi connectivity index (χ0n) is 66.0. The Kier molecular flexibility index (Phi) is 28.7. The molecule has 32 nitrogen and oxygen atoms in total. The number of pyridine rings is 4. The minimum atomic E-state index is -6.27. The number of esters is 3. The van der Waals surface area contributed by atoms with Gasteiger partial charge < -0.3 is 53.5 Å². The van der Waals surface area contributed by atoms with Crippen LogP contribution in [0.2, 0.25) is 0 Å². The predicted octanol–water partition coefficient (Wildman–Crippen LogP) is 10.9. The van der Waals surface area contributed by atoms with Crippen molar-refractivity contribution in [2.24, 2.45) is 0 Å². The van der Waals surface area contributed by atoms with Gasteiger partial charge in [-0.1, -0.05) is 146 Å². The molecule has 0 saturated carbocycles. The molecule has 630 valence electrons. The van der Waals surface area contributed by atoms with Crippen LogP contribution in [-0.4, -0.2) is 116 Å². The number of aromatic nitrogens is 12. The lowest BCUT2D eigenvalue weighted by Gasteiger charge is -2.18. The third-order valence-corrected chi connectivity index (χ3v) is 18.6. The lowest BCUT2D eigenvalue weighted by Crippen LogP contribution is -2.35. The van der Waals surface area contributed by atoms with Crippen molar-refractivity contribution in [3.8, 4) is 11.5 Å². The third kappa shape index (κ3) is 20.7. The van der Waals surface area contributed by atoms with E-state index in [1.54, 1.807) is 76.2 Å². The zero-order chi connectivity index (χ0) is 87.4. The number of rotatable bonds is 26. The Morgan fingerprint density at radius 3 is 1.16 bits per heavy atom. The molecule has 0 amide bonds. The van der Waals surface area contributed by atoms with Crippen molar-refractivity contribution >= 4 is 83.5 Å². The van der Waals surface area contributed by atoms with Crippen LogP contribution in [0.25, 0.3) is 44.1 Å². The molecule has 3 N–H and O–H groups in total. The van der Waals surface area contributed by atoms with Gasteiger partial charge in [-0.3, -0.25) is 19.2 Å². The molecule has 0 aliphatic carbocycles. The highest BCUT2D eigenvalue weighted by Gasteiger charge is 2.50. The second-order valence-corrected chi connectivity index (χ2v) is 27.5. The number of ether oxygens (including phenoxy) is 3. The first kappa shape index (κ1) is 87.7. The van der Waals surface area contributed by atoms with E-state index in [-0.39, 0.29) is 104 Å². The molecule has 0 unspecified atom stereocenters. The number of anilines is 2. The highest BCUT2D eigenvalue weighted by molar-refractivity contribution is 7.88. The normalized spacial score (nSPS) is 11.1. The van der Waals surface area contributed by atoms with Gasteiger partial charge in [0.25, 0.3) is 5.56 Å². The number of hydrogen-bond acceptors (Lipinski definition) is 28.